The van der Waals surface area contributed by atoms with Gasteiger partial charge in [-0.1, -0.05) is 22.0 Å². The minimum atomic E-state index is 0.224. The van der Waals surface area contributed by atoms with Crippen molar-refractivity contribution in [1.82, 2.24) is 0 Å². The second-order valence-corrected chi connectivity index (χ2v) is 6.85. The summed E-state index contributed by atoms with van der Waals surface area (Å²) in [5, 5.41) is 13.1. The lowest BCUT2D eigenvalue weighted by Crippen LogP contribution is -2.01. The Kier molecular flexibility index (Phi) is 4.92. The van der Waals surface area contributed by atoms with Crippen molar-refractivity contribution in [2.24, 2.45) is 0 Å². The largest absolute Gasteiger partial charge is 0.506 e. The molecule has 0 fully saturated rings. The van der Waals surface area contributed by atoms with Gasteiger partial charge in [0.15, 0.2) is 0 Å². The van der Waals surface area contributed by atoms with Gasteiger partial charge in [0.2, 0.25) is 0 Å². The minimum absolute atomic E-state index is 0.224. The molecular formula is C14H12Br3NO. The van der Waals surface area contributed by atoms with Crippen molar-refractivity contribution in [2.45, 2.75) is 13.5 Å². The molecule has 2 N–H and O–H groups in total. The number of nitrogens with one attached hydrogen (secondary N) is 1. The smallest absolute Gasteiger partial charge is 0.143 e. The maximum atomic E-state index is 9.68. The quantitative estimate of drug-likeness (QED) is 0.639. The summed E-state index contributed by atoms with van der Waals surface area (Å²) in [6.07, 6.45) is 0. The van der Waals surface area contributed by atoms with Crippen molar-refractivity contribution in [3.63, 3.8) is 0 Å². The van der Waals surface area contributed by atoms with E-state index in [9.17, 15) is 5.11 Å². The number of anilines is 1. The molecule has 0 saturated heterocycles. The Hall–Kier alpha value is -0.520. The monoisotopic (exact) mass is 447 g/mol. The zero-order chi connectivity index (χ0) is 14.0. The molecule has 0 amide bonds. The summed E-state index contributed by atoms with van der Waals surface area (Å²) in [7, 11) is 0. The van der Waals surface area contributed by atoms with Crippen LogP contribution in [0, 0.1) is 6.92 Å². The number of hydrogen-bond donors (Lipinski definition) is 2. The molecule has 0 aliphatic carbocycles. The third-order valence-corrected chi connectivity index (χ3v) is 4.46. The van der Waals surface area contributed by atoms with Crippen molar-refractivity contribution < 1.29 is 5.11 Å². The van der Waals surface area contributed by atoms with Crippen LogP contribution in [0.3, 0.4) is 0 Å². The summed E-state index contributed by atoms with van der Waals surface area (Å²) >= 11 is 10.1. The van der Waals surface area contributed by atoms with Crippen LogP contribution >= 0.6 is 47.8 Å². The van der Waals surface area contributed by atoms with E-state index in [1.54, 1.807) is 0 Å². The number of aryl methyl sites for hydroxylation is 1. The summed E-state index contributed by atoms with van der Waals surface area (Å²) in [6.45, 7) is 2.76. The third-order valence-electron chi connectivity index (χ3n) is 2.76. The molecule has 2 nitrogen and oxygen atoms in total. The average molecular weight is 450 g/mol. The van der Waals surface area contributed by atoms with Gasteiger partial charge in [0.05, 0.1) is 8.95 Å². The van der Waals surface area contributed by atoms with Gasteiger partial charge in [0.25, 0.3) is 0 Å². The summed E-state index contributed by atoms with van der Waals surface area (Å²) in [6, 6.07) is 9.95. The minimum Gasteiger partial charge on any atom is -0.506 e. The molecule has 2 aromatic carbocycles. The Morgan fingerprint density at radius 2 is 1.68 bits per heavy atom. The molecule has 0 atom stereocenters. The second kappa shape index (κ2) is 6.29. The first-order valence-corrected chi connectivity index (χ1v) is 8.02. The van der Waals surface area contributed by atoms with E-state index in [0.29, 0.717) is 15.5 Å². The van der Waals surface area contributed by atoms with Crippen LogP contribution in [0.1, 0.15) is 11.1 Å². The van der Waals surface area contributed by atoms with Crippen molar-refractivity contribution in [3.8, 4) is 5.75 Å². The van der Waals surface area contributed by atoms with E-state index in [1.807, 2.05) is 18.2 Å². The van der Waals surface area contributed by atoms with Gasteiger partial charge in [0.1, 0.15) is 5.75 Å². The van der Waals surface area contributed by atoms with E-state index < -0.39 is 0 Å². The predicted octanol–water partition coefficient (Wildman–Crippen LogP) is 5.60. The highest BCUT2D eigenvalue weighted by atomic mass is 79.9. The van der Waals surface area contributed by atoms with Gasteiger partial charge in [-0.05, 0) is 74.2 Å². The highest BCUT2D eigenvalue weighted by molar-refractivity contribution is 9.11. The number of rotatable bonds is 3. The van der Waals surface area contributed by atoms with Gasteiger partial charge in [-0.15, -0.1) is 0 Å². The van der Waals surface area contributed by atoms with Crippen LogP contribution in [0.2, 0.25) is 0 Å². The number of aromatic hydroxyl groups is 1. The maximum Gasteiger partial charge on any atom is 0.143 e. The first kappa shape index (κ1) is 14.9. The van der Waals surface area contributed by atoms with E-state index in [-0.39, 0.29) is 5.75 Å². The van der Waals surface area contributed by atoms with Crippen LogP contribution in [-0.2, 0) is 6.54 Å². The number of phenolic OH excluding ortho intramolecular Hbond substituents is 1. The standard InChI is InChI=1S/C14H12Br3NO/c1-8-2-3-10(15)6-13(8)18-7-9-4-11(16)14(19)12(17)5-9/h2-6,18-19H,7H2,1H3. The SMILES string of the molecule is Cc1ccc(Br)cc1NCc1cc(Br)c(O)c(Br)c1. The Morgan fingerprint density at radius 1 is 1.05 bits per heavy atom. The van der Waals surface area contributed by atoms with E-state index in [4.69, 9.17) is 0 Å². The van der Waals surface area contributed by atoms with Gasteiger partial charge in [0, 0.05) is 16.7 Å². The number of hydrogen-bond acceptors (Lipinski definition) is 2. The third kappa shape index (κ3) is 3.74. The summed E-state index contributed by atoms with van der Waals surface area (Å²) in [5.74, 6) is 0.224. The molecule has 0 radical (unpaired) electrons. The highest BCUT2D eigenvalue weighted by Crippen LogP contribution is 2.33. The molecule has 0 saturated carbocycles. The van der Waals surface area contributed by atoms with Crippen LogP contribution in [0.15, 0.2) is 43.7 Å². The molecule has 2 aromatic rings. The summed E-state index contributed by atoms with van der Waals surface area (Å²) < 4.78 is 2.42. The van der Waals surface area contributed by atoms with Crippen molar-refractivity contribution in [3.05, 3.63) is 54.9 Å². The van der Waals surface area contributed by atoms with Gasteiger partial charge in [-0.2, -0.15) is 0 Å². The van der Waals surface area contributed by atoms with Crippen molar-refractivity contribution >= 4 is 53.5 Å². The molecule has 0 aliphatic rings. The fraction of sp³-hybridized carbons (Fsp3) is 0.143. The Bertz CT molecular complexity index is 591. The average Bonchev–Trinajstić information content (AvgIpc) is 2.37. The molecule has 0 aromatic heterocycles. The fourth-order valence-electron chi connectivity index (χ4n) is 1.70. The normalized spacial score (nSPS) is 10.5. The molecule has 5 heteroatoms. The number of halogens is 3. The van der Waals surface area contributed by atoms with Gasteiger partial charge in [-0.3, -0.25) is 0 Å². The van der Waals surface area contributed by atoms with Crippen LogP contribution in [0.5, 0.6) is 5.75 Å². The van der Waals surface area contributed by atoms with E-state index in [0.717, 1.165) is 15.7 Å². The molecule has 0 bridgehead atoms. The highest BCUT2D eigenvalue weighted by Gasteiger charge is 2.06. The molecule has 2 rings (SSSR count). The fourth-order valence-corrected chi connectivity index (χ4v) is 3.34. The predicted molar refractivity (Wildman–Crippen MR) is 89.7 cm³/mol. The number of phenols is 1. The molecule has 0 heterocycles. The van der Waals surface area contributed by atoms with Crippen LogP contribution in [-0.4, -0.2) is 5.11 Å². The molecular weight excluding hydrogens is 438 g/mol. The molecule has 0 unspecified atom stereocenters. The van der Waals surface area contributed by atoms with Crippen molar-refractivity contribution in [2.75, 3.05) is 5.32 Å². The summed E-state index contributed by atoms with van der Waals surface area (Å²) in [4.78, 5) is 0. The first-order chi connectivity index (χ1) is 8.97. The van der Waals surface area contributed by atoms with Crippen molar-refractivity contribution in [1.29, 1.82) is 0 Å². The zero-order valence-electron chi connectivity index (χ0n) is 10.2. The van der Waals surface area contributed by atoms with Gasteiger partial charge < -0.3 is 10.4 Å². The van der Waals surface area contributed by atoms with E-state index in [2.05, 4.69) is 72.2 Å². The lowest BCUT2D eigenvalue weighted by molar-refractivity contribution is 0.468. The Labute approximate surface area is 137 Å². The molecule has 100 valence electrons. The molecule has 0 spiro atoms. The van der Waals surface area contributed by atoms with Crippen LogP contribution in [0.25, 0.3) is 0 Å². The Morgan fingerprint density at radius 3 is 2.32 bits per heavy atom. The van der Waals surface area contributed by atoms with E-state index >= 15 is 0 Å². The van der Waals surface area contributed by atoms with E-state index in [1.165, 1.54) is 5.56 Å². The summed E-state index contributed by atoms with van der Waals surface area (Å²) in [5.41, 5.74) is 3.37. The van der Waals surface area contributed by atoms with Gasteiger partial charge >= 0.3 is 0 Å². The first-order valence-electron chi connectivity index (χ1n) is 5.64. The van der Waals surface area contributed by atoms with Crippen LogP contribution < -0.4 is 5.32 Å². The number of benzene rings is 2. The molecule has 19 heavy (non-hydrogen) atoms. The zero-order valence-corrected chi connectivity index (χ0v) is 14.9. The molecule has 0 aliphatic heterocycles. The lowest BCUT2D eigenvalue weighted by Gasteiger charge is -2.11. The van der Waals surface area contributed by atoms with Gasteiger partial charge in [-0.25, -0.2) is 0 Å². The Balaban J connectivity index is 2.17. The van der Waals surface area contributed by atoms with Crippen LogP contribution in [0.4, 0.5) is 5.69 Å². The second-order valence-electron chi connectivity index (χ2n) is 4.22. The topological polar surface area (TPSA) is 32.3 Å². The lowest BCUT2D eigenvalue weighted by atomic mass is 10.1. The maximum absolute atomic E-state index is 9.68.